The van der Waals surface area contributed by atoms with Crippen molar-refractivity contribution in [2.75, 3.05) is 5.43 Å². The van der Waals surface area contributed by atoms with Crippen LogP contribution < -0.4 is 10.2 Å². The molecule has 25 heavy (non-hydrogen) atoms. The fourth-order valence-electron chi connectivity index (χ4n) is 2.30. The maximum Gasteiger partial charge on any atom is 0.214 e. The van der Waals surface area contributed by atoms with Gasteiger partial charge in [-0.05, 0) is 49.0 Å². The third kappa shape index (κ3) is 4.34. The Labute approximate surface area is 160 Å². The number of H-pyrrole nitrogens is 1. The van der Waals surface area contributed by atoms with Crippen LogP contribution in [0.1, 0.15) is 17.0 Å². The molecule has 3 rings (SSSR count). The molecule has 0 saturated heterocycles. The molecule has 130 valence electrons. The average Bonchev–Trinajstić information content (AvgIpc) is 2.91. The molecule has 2 aromatic carbocycles. The van der Waals surface area contributed by atoms with Gasteiger partial charge in [0.05, 0.1) is 6.54 Å². The third-order valence-electron chi connectivity index (χ3n) is 3.62. The molecule has 0 atom stereocenters. The van der Waals surface area contributed by atoms with E-state index in [-0.39, 0.29) is 0 Å². The van der Waals surface area contributed by atoms with Crippen molar-refractivity contribution >= 4 is 35.4 Å². The van der Waals surface area contributed by atoms with E-state index < -0.39 is 0 Å². The van der Waals surface area contributed by atoms with Crippen LogP contribution >= 0.6 is 35.4 Å². The lowest BCUT2D eigenvalue weighted by Gasteiger charge is -2.12. The molecule has 0 unspecified atom stereocenters. The summed E-state index contributed by atoms with van der Waals surface area (Å²) >= 11 is 17.5. The highest BCUT2D eigenvalue weighted by atomic mass is 35.5. The molecule has 0 aliphatic rings. The number of aromatic amines is 1. The van der Waals surface area contributed by atoms with E-state index in [1.165, 1.54) is 0 Å². The number of nitrogens with zero attached hydrogens (tertiary/aromatic N) is 2. The molecule has 5 nitrogen and oxygen atoms in total. The first-order valence-corrected chi connectivity index (χ1v) is 8.73. The van der Waals surface area contributed by atoms with Crippen LogP contribution in [0.4, 0.5) is 0 Å². The van der Waals surface area contributed by atoms with Crippen LogP contribution in [0.25, 0.3) is 0 Å². The molecular formula is C17H16Cl2N4OS. The zero-order chi connectivity index (χ0) is 17.8. The summed E-state index contributed by atoms with van der Waals surface area (Å²) in [6.45, 7) is 2.76. The van der Waals surface area contributed by atoms with Crippen LogP contribution in [0, 0.1) is 11.7 Å². The van der Waals surface area contributed by atoms with Gasteiger partial charge in [-0.2, -0.15) is 5.10 Å². The Balaban J connectivity index is 1.66. The Kier molecular flexibility index (Phi) is 5.63. The van der Waals surface area contributed by atoms with Gasteiger partial charge in [0.2, 0.25) is 4.77 Å². The minimum atomic E-state index is 0.307. The highest BCUT2D eigenvalue weighted by Gasteiger charge is 2.07. The minimum absolute atomic E-state index is 0.307. The number of halogens is 2. The van der Waals surface area contributed by atoms with E-state index in [0.717, 1.165) is 22.7 Å². The number of hydrogen-bond acceptors (Lipinski definition) is 4. The molecule has 1 aromatic heterocycles. The van der Waals surface area contributed by atoms with Crippen molar-refractivity contribution in [3.63, 3.8) is 0 Å². The number of aryl methyl sites for hydroxylation is 1. The van der Waals surface area contributed by atoms with Gasteiger partial charge in [0.15, 0.2) is 0 Å². The quantitative estimate of drug-likeness (QED) is 0.585. The molecule has 2 N–H and O–H groups in total. The highest BCUT2D eigenvalue weighted by Crippen LogP contribution is 2.26. The molecule has 3 aromatic rings. The third-order valence-corrected chi connectivity index (χ3v) is 4.61. The summed E-state index contributed by atoms with van der Waals surface area (Å²) in [5, 5.41) is 7.98. The summed E-state index contributed by atoms with van der Waals surface area (Å²) < 4.78 is 8.09. The molecule has 1 heterocycles. The number of aromatic nitrogens is 3. The van der Waals surface area contributed by atoms with Gasteiger partial charge in [-0.15, -0.1) is 0 Å². The predicted molar refractivity (Wildman–Crippen MR) is 102 cm³/mol. The molecule has 0 saturated carbocycles. The van der Waals surface area contributed by atoms with Crippen LogP contribution in [-0.2, 0) is 13.2 Å². The van der Waals surface area contributed by atoms with Crippen LogP contribution in [-0.4, -0.2) is 14.9 Å². The second-order valence-corrected chi connectivity index (χ2v) is 6.58. The highest BCUT2D eigenvalue weighted by molar-refractivity contribution is 7.71. The second-order valence-electron chi connectivity index (χ2n) is 5.38. The van der Waals surface area contributed by atoms with E-state index >= 15 is 0 Å². The standard InChI is InChI=1S/C17H16Cl2N4OS/c1-11-21-22-17(25)23(11)20-9-12-4-2-5-13(8-12)24-10-14-15(18)6-3-7-16(14)19/h2-8,20H,9-10H2,1H3,(H,22,25). The Morgan fingerprint density at radius 1 is 1.20 bits per heavy atom. The number of nitrogens with one attached hydrogen (secondary N) is 2. The van der Waals surface area contributed by atoms with E-state index in [4.69, 9.17) is 40.2 Å². The molecule has 0 aliphatic carbocycles. The topological polar surface area (TPSA) is 54.9 Å². The van der Waals surface area contributed by atoms with Crippen molar-refractivity contribution in [2.24, 2.45) is 0 Å². The van der Waals surface area contributed by atoms with Crippen molar-refractivity contribution in [3.05, 3.63) is 74.2 Å². The summed E-state index contributed by atoms with van der Waals surface area (Å²) in [5.41, 5.74) is 5.04. The number of rotatable bonds is 6. The Hall–Kier alpha value is -2.02. The molecule has 0 aliphatic heterocycles. The zero-order valence-corrected chi connectivity index (χ0v) is 15.8. The molecule has 0 amide bonds. The maximum absolute atomic E-state index is 6.17. The van der Waals surface area contributed by atoms with Gasteiger partial charge in [-0.25, -0.2) is 4.68 Å². The molecule has 0 bridgehead atoms. The normalized spacial score (nSPS) is 10.7. The monoisotopic (exact) mass is 394 g/mol. The van der Waals surface area contributed by atoms with E-state index in [1.54, 1.807) is 16.8 Å². The number of benzene rings is 2. The predicted octanol–water partition coefficient (Wildman–Crippen LogP) is 4.88. The molecule has 0 fully saturated rings. The summed E-state index contributed by atoms with van der Waals surface area (Å²) in [6.07, 6.45) is 0. The smallest absolute Gasteiger partial charge is 0.214 e. The molecule has 0 spiro atoms. The zero-order valence-electron chi connectivity index (χ0n) is 13.4. The van der Waals surface area contributed by atoms with Crippen molar-refractivity contribution < 1.29 is 4.74 Å². The SMILES string of the molecule is Cc1n[nH]c(=S)n1NCc1cccc(OCc2c(Cl)cccc2Cl)c1. The lowest BCUT2D eigenvalue weighted by molar-refractivity contribution is 0.306. The summed E-state index contributed by atoms with van der Waals surface area (Å²) in [4.78, 5) is 0. The van der Waals surface area contributed by atoms with E-state index in [9.17, 15) is 0 Å². The second kappa shape index (κ2) is 7.91. The maximum atomic E-state index is 6.17. The Morgan fingerprint density at radius 2 is 1.92 bits per heavy atom. The Morgan fingerprint density at radius 3 is 2.60 bits per heavy atom. The molecule has 0 radical (unpaired) electrons. The summed E-state index contributed by atoms with van der Waals surface area (Å²) in [5.74, 6) is 1.51. The van der Waals surface area contributed by atoms with Crippen LogP contribution in [0.2, 0.25) is 10.0 Å². The summed E-state index contributed by atoms with van der Waals surface area (Å²) in [7, 11) is 0. The first-order valence-electron chi connectivity index (χ1n) is 7.57. The van der Waals surface area contributed by atoms with E-state index in [2.05, 4.69) is 15.6 Å². The van der Waals surface area contributed by atoms with Crippen LogP contribution in [0.5, 0.6) is 5.75 Å². The van der Waals surface area contributed by atoms with Crippen molar-refractivity contribution in [3.8, 4) is 5.75 Å². The molecule has 8 heteroatoms. The minimum Gasteiger partial charge on any atom is -0.489 e. The first kappa shape index (κ1) is 17.8. The average molecular weight is 395 g/mol. The van der Waals surface area contributed by atoms with Gasteiger partial charge < -0.3 is 10.2 Å². The van der Waals surface area contributed by atoms with E-state index in [1.807, 2.05) is 37.3 Å². The lowest BCUT2D eigenvalue weighted by Crippen LogP contribution is -2.16. The largest absolute Gasteiger partial charge is 0.489 e. The number of hydrogen-bond donors (Lipinski definition) is 2. The van der Waals surface area contributed by atoms with Gasteiger partial charge in [0.25, 0.3) is 0 Å². The van der Waals surface area contributed by atoms with Gasteiger partial charge in [0, 0.05) is 15.6 Å². The van der Waals surface area contributed by atoms with Crippen molar-refractivity contribution in [1.29, 1.82) is 0 Å². The first-order chi connectivity index (χ1) is 12.0. The fraction of sp³-hybridized carbons (Fsp3) is 0.176. The number of ether oxygens (including phenoxy) is 1. The van der Waals surface area contributed by atoms with Gasteiger partial charge >= 0.3 is 0 Å². The van der Waals surface area contributed by atoms with Gasteiger partial charge in [-0.1, -0.05) is 41.4 Å². The van der Waals surface area contributed by atoms with Gasteiger partial charge in [-0.3, -0.25) is 5.10 Å². The van der Waals surface area contributed by atoms with Crippen LogP contribution in [0.15, 0.2) is 42.5 Å². The lowest BCUT2D eigenvalue weighted by atomic mass is 10.2. The molecular weight excluding hydrogens is 379 g/mol. The Bertz CT molecular complexity index is 918. The van der Waals surface area contributed by atoms with Crippen LogP contribution in [0.3, 0.4) is 0 Å². The van der Waals surface area contributed by atoms with Crippen molar-refractivity contribution in [2.45, 2.75) is 20.1 Å². The van der Waals surface area contributed by atoms with E-state index in [0.29, 0.717) is 28.0 Å². The van der Waals surface area contributed by atoms with Crippen molar-refractivity contribution in [1.82, 2.24) is 14.9 Å². The van der Waals surface area contributed by atoms with Gasteiger partial charge in [0.1, 0.15) is 18.2 Å². The fourth-order valence-corrected chi connectivity index (χ4v) is 3.05. The summed E-state index contributed by atoms with van der Waals surface area (Å²) in [6, 6.07) is 13.2.